The first-order chi connectivity index (χ1) is 7.25. The summed E-state index contributed by atoms with van der Waals surface area (Å²) in [5, 5.41) is 3.47. The maximum absolute atomic E-state index is 3.47. The number of hydrogen-bond donors (Lipinski definition) is 1. The van der Waals surface area contributed by atoms with Gasteiger partial charge in [0.1, 0.15) is 0 Å². The molecule has 0 spiro atoms. The summed E-state index contributed by atoms with van der Waals surface area (Å²) in [6.07, 6.45) is 8.20. The van der Waals surface area contributed by atoms with Gasteiger partial charge in [0.2, 0.25) is 0 Å². The molecule has 2 nitrogen and oxygen atoms in total. The predicted molar refractivity (Wildman–Crippen MR) is 67.3 cm³/mol. The van der Waals surface area contributed by atoms with E-state index in [1.165, 1.54) is 51.6 Å². The molecule has 90 valence electrons. The van der Waals surface area contributed by atoms with Crippen LogP contribution in [0.3, 0.4) is 0 Å². The van der Waals surface area contributed by atoms with Gasteiger partial charge >= 0.3 is 0 Å². The van der Waals surface area contributed by atoms with Gasteiger partial charge in [-0.3, -0.25) is 0 Å². The zero-order valence-electron chi connectivity index (χ0n) is 10.8. The van der Waals surface area contributed by atoms with E-state index in [0.717, 1.165) is 12.1 Å². The second-order valence-corrected chi connectivity index (χ2v) is 4.99. The third-order valence-corrected chi connectivity index (χ3v) is 3.75. The van der Waals surface area contributed by atoms with Gasteiger partial charge in [-0.2, -0.15) is 0 Å². The van der Waals surface area contributed by atoms with Crippen molar-refractivity contribution in [2.45, 2.75) is 64.5 Å². The van der Waals surface area contributed by atoms with Gasteiger partial charge in [-0.1, -0.05) is 13.3 Å². The Morgan fingerprint density at radius 2 is 2.07 bits per heavy atom. The summed E-state index contributed by atoms with van der Waals surface area (Å²) in [7, 11) is 2.30. The van der Waals surface area contributed by atoms with Gasteiger partial charge in [0, 0.05) is 12.1 Å². The molecule has 1 atom stereocenters. The minimum Gasteiger partial charge on any atom is -0.317 e. The van der Waals surface area contributed by atoms with Crippen LogP contribution in [0.2, 0.25) is 0 Å². The molecule has 0 aromatic carbocycles. The monoisotopic (exact) mass is 212 g/mol. The molecule has 2 heteroatoms. The van der Waals surface area contributed by atoms with E-state index < -0.39 is 0 Å². The summed E-state index contributed by atoms with van der Waals surface area (Å²) in [6.45, 7) is 6.96. The first-order valence-electron chi connectivity index (χ1n) is 6.68. The van der Waals surface area contributed by atoms with E-state index in [4.69, 9.17) is 0 Å². The molecule has 0 saturated heterocycles. The van der Waals surface area contributed by atoms with E-state index >= 15 is 0 Å². The Balaban J connectivity index is 1.99. The third kappa shape index (κ3) is 4.52. The Hall–Kier alpha value is -0.0800. The summed E-state index contributed by atoms with van der Waals surface area (Å²) in [4.78, 5) is 2.59. The summed E-state index contributed by atoms with van der Waals surface area (Å²) in [5.74, 6) is 0. The fourth-order valence-corrected chi connectivity index (χ4v) is 2.18. The zero-order valence-corrected chi connectivity index (χ0v) is 10.8. The summed E-state index contributed by atoms with van der Waals surface area (Å²) >= 11 is 0. The van der Waals surface area contributed by atoms with Crippen LogP contribution in [-0.4, -0.2) is 37.1 Å². The van der Waals surface area contributed by atoms with Crippen LogP contribution in [-0.2, 0) is 0 Å². The number of nitrogens with one attached hydrogen (secondary N) is 1. The SMILES string of the molecule is CCCNCCCC(C)N(C)C1CCC1. The Bertz CT molecular complexity index is 155. The fourth-order valence-electron chi connectivity index (χ4n) is 2.18. The lowest BCUT2D eigenvalue weighted by Crippen LogP contribution is -2.42. The van der Waals surface area contributed by atoms with Gasteiger partial charge in [-0.05, 0) is 59.2 Å². The molecule has 0 bridgehead atoms. The van der Waals surface area contributed by atoms with Crippen LogP contribution in [0, 0.1) is 0 Å². The molecule has 0 aliphatic heterocycles. The Morgan fingerprint density at radius 1 is 1.33 bits per heavy atom. The van der Waals surface area contributed by atoms with Crippen LogP contribution >= 0.6 is 0 Å². The van der Waals surface area contributed by atoms with Gasteiger partial charge in [-0.25, -0.2) is 0 Å². The largest absolute Gasteiger partial charge is 0.317 e. The van der Waals surface area contributed by atoms with Crippen molar-refractivity contribution in [1.82, 2.24) is 10.2 Å². The lowest BCUT2D eigenvalue weighted by molar-refractivity contribution is 0.112. The van der Waals surface area contributed by atoms with E-state index in [1.807, 2.05) is 0 Å². The molecule has 0 radical (unpaired) electrons. The van der Waals surface area contributed by atoms with E-state index in [2.05, 4.69) is 31.1 Å². The molecule has 1 aliphatic carbocycles. The minimum absolute atomic E-state index is 0.763. The van der Waals surface area contributed by atoms with Crippen LogP contribution in [0.1, 0.15) is 52.4 Å². The highest BCUT2D eigenvalue weighted by molar-refractivity contribution is 4.80. The highest BCUT2D eigenvalue weighted by atomic mass is 15.2. The maximum Gasteiger partial charge on any atom is 0.00950 e. The highest BCUT2D eigenvalue weighted by Crippen LogP contribution is 2.25. The van der Waals surface area contributed by atoms with Crippen molar-refractivity contribution in [2.24, 2.45) is 0 Å². The average molecular weight is 212 g/mol. The van der Waals surface area contributed by atoms with Crippen molar-refractivity contribution in [3.8, 4) is 0 Å². The maximum atomic E-state index is 3.47. The fraction of sp³-hybridized carbons (Fsp3) is 1.00. The predicted octanol–water partition coefficient (Wildman–Crippen LogP) is 2.64. The standard InChI is InChI=1S/C13H28N2/c1-4-10-14-11-6-7-12(2)15(3)13-8-5-9-13/h12-14H,4-11H2,1-3H3. The molecule has 1 N–H and O–H groups in total. The second-order valence-electron chi connectivity index (χ2n) is 4.99. The van der Waals surface area contributed by atoms with Crippen LogP contribution in [0.5, 0.6) is 0 Å². The minimum atomic E-state index is 0.763. The Morgan fingerprint density at radius 3 is 2.60 bits per heavy atom. The summed E-state index contributed by atoms with van der Waals surface area (Å²) < 4.78 is 0. The van der Waals surface area contributed by atoms with E-state index in [1.54, 1.807) is 0 Å². The highest BCUT2D eigenvalue weighted by Gasteiger charge is 2.24. The first kappa shape index (κ1) is 13.0. The number of nitrogens with zero attached hydrogens (tertiary/aromatic N) is 1. The molecule has 1 aliphatic rings. The van der Waals surface area contributed by atoms with Gasteiger partial charge < -0.3 is 10.2 Å². The molecule has 15 heavy (non-hydrogen) atoms. The van der Waals surface area contributed by atoms with E-state index in [-0.39, 0.29) is 0 Å². The van der Waals surface area contributed by atoms with Crippen LogP contribution in [0.15, 0.2) is 0 Å². The number of rotatable bonds is 8. The molecule has 1 unspecified atom stereocenters. The van der Waals surface area contributed by atoms with Crippen molar-refractivity contribution in [3.05, 3.63) is 0 Å². The molecule has 0 heterocycles. The van der Waals surface area contributed by atoms with Crippen molar-refractivity contribution in [3.63, 3.8) is 0 Å². The smallest absolute Gasteiger partial charge is 0.00950 e. The van der Waals surface area contributed by atoms with Crippen molar-refractivity contribution >= 4 is 0 Å². The molecule has 1 saturated carbocycles. The van der Waals surface area contributed by atoms with Crippen LogP contribution in [0.4, 0.5) is 0 Å². The zero-order chi connectivity index (χ0) is 11.1. The molecular weight excluding hydrogens is 184 g/mol. The quantitative estimate of drug-likeness (QED) is 0.622. The van der Waals surface area contributed by atoms with Crippen molar-refractivity contribution < 1.29 is 0 Å². The molecular formula is C13H28N2. The molecule has 1 fully saturated rings. The lowest BCUT2D eigenvalue weighted by Gasteiger charge is -2.38. The molecule has 0 aromatic rings. The lowest BCUT2D eigenvalue weighted by atomic mass is 9.90. The number of hydrogen-bond acceptors (Lipinski definition) is 2. The van der Waals surface area contributed by atoms with Gasteiger partial charge in [-0.15, -0.1) is 0 Å². The van der Waals surface area contributed by atoms with E-state index in [0.29, 0.717) is 0 Å². The first-order valence-corrected chi connectivity index (χ1v) is 6.68. The Kier molecular flexibility index (Phi) is 6.26. The molecule has 0 amide bonds. The topological polar surface area (TPSA) is 15.3 Å². The normalized spacial score (nSPS) is 19.2. The van der Waals surface area contributed by atoms with Gasteiger partial charge in [0.15, 0.2) is 0 Å². The molecule has 1 rings (SSSR count). The van der Waals surface area contributed by atoms with Crippen molar-refractivity contribution in [2.75, 3.05) is 20.1 Å². The Labute approximate surface area is 95.4 Å². The molecule has 0 aromatic heterocycles. The second kappa shape index (κ2) is 7.24. The van der Waals surface area contributed by atoms with Crippen LogP contribution in [0.25, 0.3) is 0 Å². The summed E-state index contributed by atoms with van der Waals surface area (Å²) in [6, 6.07) is 1.65. The third-order valence-electron chi connectivity index (χ3n) is 3.75. The van der Waals surface area contributed by atoms with Gasteiger partial charge in [0.25, 0.3) is 0 Å². The van der Waals surface area contributed by atoms with Crippen LogP contribution < -0.4 is 5.32 Å². The summed E-state index contributed by atoms with van der Waals surface area (Å²) in [5.41, 5.74) is 0. The average Bonchev–Trinajstić information content (AvgIpc) is 2.14. The van der Waals surface area contributed by atoms with Gasteiger partial charge in [0.05, 0.1) is 0 Å². The van der Waals surface area contributed by atoms with E-state index in [9.17, 15) is 0 Å². The van der Waals surface area contributed by atoms with Crippen molar-refractivity contribution in [1.29, 1.82) is 0 Å².